The van der Waals surface area contributed by atoms with Crippen LogP contribution in [0.2, 0.25) is 0 Å². The molecule has 1 aliphatic carbocycles. The van der Waals surface area contributed by atoms with Crippen molar-refractivity contribution in [1.29, 1.82) is 0 Å². The van der Waals surface area contributed by atoms with Crippen molar-refractivity contribution < 1.29 is 9.47 Å². The van der Waals surface area contributed by atoms with Crippen LogP contribution in [0.3, 0.4) is 0 Å². The van der Waals surface area contributed by atoms with Crippen LogP contribution in [0.15, 0.2) is 42.5 Å². The Kier molecular flexibility index (Phi) is 4.64. The average Bonchev–Trinajstić information content (AvgIpc) is 2.59. The molecule has 2 aromatic carbocycles. The van der Waals surface area contributed by atoms with Gasteiger partial charge in [-0.2, -0.15) is 0 Å². The first-order valence-electron chi connectivity index (χ1n) is 7.82. The fraction of sp³-hybridized carbons (Fsp3) is 0.368. The van der Waals surface area contributed by atoms with Gasteiger partial charge in [-0.25, -0.2) is 0 Å². The van der Waals surface area contributed by atoms with Gasteiger partial charge in [0.15, 0.2) is 11.5 Å². The molecule has 3 heteroatoms. The van der Waals surface area contributed by atoms with Crippen LogP contribution in [-0.2, 0) is 19.4 Å². The summed E-state index contributed by atoms with van der Waals surface area (Å²) < 4.78 is 10.9. The van der Waals surface area contributed by atoms with Crippen LogP contribution in [0.1, 0.15) is 23.1 Å². The van der Waals surface area contributed by atoms with Gasteiger partial charge in [0, 0.05) is 18.2 Å². The van der Waals surface area contributed by atoms with E-state index >= 15 is 0 Å². The zero-order valence-corrected chi connectivity index (χ0v) is 13.3. The van der Waals surface area contributed by atoms with Crippen molar-refractivity contribution in [1.82, 2.24) is 5.32 Å². The summed E-state index contributed by atoms with van der Waals surface area (Å²) in [5, 5.41) is 3.67. The zero-order valence-electron chi connectivity index (χ0n) is 13.3. The predicted molar refractivity (Wildman–Crippen MR) is 88.6 cm³/mol. The Morgan fingerprint density at radius 2 is 1.86 bits per heavy atom. The van der Waals surface area contributed by atoms with Gasteiger partial charge in [-0.1, -0.05) is 36.4 Å². The van der Waals surface area contributed by atoms with E-state index in [0.29, 0.717) is 6.04 Å². The number of fused-ring (bicyclic) bond motifs is 1. The summed E-state index contributed by atoms with van der Waals surface area (Å²) in [5.41, 5.74) is 4.01. The van der Waals surface area contributed by atoms with E-state index < -0.39 is 0 Å². The molecule has 0 fully saturated rings. The van der Waals surface area contributed by atoms with Gasteiger partial charge in [0.1, 0.15) is 0 Å². The van der Waals surface area contributed by atoms with Crippen molar-refractivity contribution in [2.45, 2.75) is 31.8 Å². The maximum atomic E-state index is 5.55. The molecule has 1 atom stereocenters. The van der Waals surface area contributed by atoms with Gasteiger partial charge in [0.25, 0.3) is 0 Å². The second kappa shape index (κ2) is 6.84. The summed E-state index contributed by atoms with van der Waals surface area (Å²) in [7, 11) is 3.41. The lowest BCUT2D eigenvalue weighted by Crippen LogP contribution is -2.34. The molecule has 0 aliphatic heterocycles. The van der Waals surface area contributed by atoms with Crippen molar-refractivity contribution in [2.75, 3.05) is 14.2 Å². The highest BCUT2D eigenvalue weighted by molar-refractivity contribution is 5.52. The second-order valence-corrected chi connectivity index (χ2v) is 5.74. The molecule has 0 saturated heterocycles. The van der Waals surface area contributed by atoms with E-state index in [9.17, 15) is 0 Å². The van der Waals surface area contributed by atoms with E-state index in [1.54, 1.807) is 14.2 Å². The molecule has 116 valence electrons. The van der Waals surface area contributed by atoms with E-state index in [0.717, 1.165) is 37.3 Å². The second-order valence-electron chi connectivity index (χ2n) is 5.74. The average molecular weight is 297 g/mol. The van der Waals surface area contributed by atoms with Crippen LogP contribution < -0.4 is 14.8 Å². The van der Waals surface area contributed by atoms with E-state index in [4.69, 9.17) is 9.47 Å². The Bertz CT molecular complexity index is 625. The molecule has 0 spiro atoms. The highest BCUT2D eigenvalue weighted by Crippen LogP contribution is 2.37. The van der Waals surface area contributed by atoms with Gasteiger partial charge < -0.3 is 14.8 Å². The Balaban J connectivity index is 1.69. The lowest BCUT2D eigenvalue weighted by atomic mass is 9.87. The van der Waals surface area contributed by atoms with Gasteiger partial charge in [0.05, 0.1) is 14.2 Å². The van der Waals surface area contributed by atoms with Crippen molar-refractivity contribution in [3.05, 3.63) is 59.2 Å². The molecule has 0 unspecified atom stereocenters. The molecule has 22 heavy (non-hydrogen) atoms. The summed E-state index contributed by atoms with van der Waals surface area (Å²) in [4.78, 5) is 0. The number of benzene rings is 2. The molecule has 3 rings (SSSR count). The molecule has 1 aliphatic rings. The summed E-state index contributed by atoms with van der Waals surface area (Å²) in [6.45, 7) is 0.925. The first-order chi connectivity index (χ1) is 10.8. The highest BCUT2D eigenvalue weighted by Gasteiger charge is 2.23. The minimum Gasteiger partial charge on any atom is -0.493 e. The number of rotatable bonds is 5. The lowest BCUT2D eigenvalue weighted by Gasteiger charge is -2.27. The molecule has 0 saturated carbocycles. The molecular formula is C19H23NO2. The normalized spacial score (nSPS) is 16.9. The molecule has 0 aromatic heterocycles. The number of methoxy groups -OCH3 is 2. The molecule has 3 nitrogen and oxygen atoms in total. The summed E-state index contributed by atoms with van der Waals surface area (Å²) in [5.74, 6) is 1.73. The van der Waals surface area contributed by atoms with E-state index in [1.165, 1.54) is 16.7 Å². The van der Waals surface area contributed by atoms with Gasteiger partial charge in [0.2, 0.25) is 0 Å². The molecule has 0 amide bonds. The van der Waals surface area contributed by atoms with Crippen LogP contribution in [0, 0.1) is 0 Å². The van der Waals surface area contributed by atoms with Crippen molar-refractivity contribution in [2.24, 2.45) is 0 Å². The van der Waals surface area contributed by atoms with Gasteiger partial charge in [-0.15, -0.1) is 0 Å². The summed E-state index contributed by atoms with van der Waals surface area (Å²) in [6.07, 6.45) is 3.20. The topological polar surface area (TPSA) is 30.5 Å². The van der Waals surface area contributed by atoms with Crippen LogP contribution >= 0.6 is 0 Å². The van der Waals surface area contributed by atoms with Gasteiger partial charge >= 0.3 is 0 Å². The molecule has 2 aromatic rings. The predicted octanol–water partition coefficient (Wildman–Crippen LogP) is 3.35. The van der Waals surface area contributed by atoms with E-state index in [2.05, 4.69) is 41.7 Å². The molecule has 0 bridgehead atoms. The third kappa shape index (κ3) is 3.09. The van der Waals surface area contributed by atoms with E-state index in [1.807, 2.05) is 6.07 Å². The van der Waals surface area contributed by atoms with Crippen LogP contribution in [0.4, 0.5) is 0 Å². The standard InChI is InChI=1S/C19H23NO2/c1-21-18-11-8-15-12-16(9-10-17(15)19(18)22-2)20-13-14-6-4-3-5-7-14/h3-8,11,16,20H,9-10,12-13H2,1-2H3/t16-/m0/s1. The summed E-state index contributed by atoms with van der Waals surface area (Å²) >= 11 is 0. The third-order valence-electron chi connectivity index (χ3n) is 4.39. The fourth-order valence-corrected chi connectivity index (χ4v) is 3.22. The van der Waals surface area contributed by atoms with Crippen molar-refractivity contribution in [3.63, 3.8) is 0 Å². The highest BCUT2D eigenvalue weighted by atomic mass is 16.5. The lowest BCUT2D eigenvalue weighted by molar-refractivity contribution is 0.346. The molecule has 0 radical (unpaired) electrons. The zero-order chi connectivity index (χ0) is 15.4. The quantitative estimate of drug-likeness (QED) is 0.918. The van der Waals surface area contributed by atoms with Gasteiger partial charge in [-0.3, -0.25) is 0 Å². The smallest absolute Gasteiger partial charge is 0.164 e. The minimum atomic E-state index is 0.519. The summed E-state index contributed by atoms with van der Waals surface area (Å²) in [6, 6.07) is 15.3. The maximum Gasteiger partial charge on any atom is 0.164 e. The van der Waals surface area contributed by atoms with Crippen LogP contribution in [0.5, 0.6) is 11.5 Å². The molecule has 1 N–H and O–H groups in total. The largest absolute Gasteiger partial charge is 0.493 e. The SMILES string of the molecule is COc1ccc2c(c1OC)CC[C@H](NCc1ccccc1)C2. The fourth-order valence-electron chi connectivity index (χ4n) is 3.22. The maximum absolute atomic E-state index is 5.55. The monoisotopic (exact) mass is 297 g/mol. The first kappa shape index (κ1) is 14.9. The Labute approximate surface area is 132 Å². The Morgan fingerprint density at radius 3 is 2.59 bits per heavy atom. The van der Waals surface area contributed by atoms with Crippen LogP contribution in [0.25, 0.3) is 0 Å². The molecular weight excluding hydrogens is 274 g/mol. The number of hydrogen-bond donors (Lipinski definition) is 1. The van der Waals surface area contributed by atoms with E-state index in [-0.39, 0.29) is 0 Å². The number of ether oxygens (including phenoxy) is 2. The van der Waals surface area contributed by atoms with Crippen molar-refractivity contribution in [3.8, 4) is 11.5 Å². The van der Waals surface area contributed by atoms with Crippen molar-refractivity contribution >= 4 is 0 Å². The van der Waals surface area contributed by atoms with Crippen LogP contribution in [-0.4, -0.2) is 20.3 Å². The Hall–Kier alpha value is -2.00. The third-order valence-corrected chi connectivity index (χ3v) is 4.39. The number of hydrogen-bond acceptors (Lipinski definition) is 3. The minimum absolute atomic E-state index is 0.519. The molecule has 0 heterocycles. The Morgan fingerprint density at radius 1 is 1.05 bits per heavy atom. The van der Waals surface area contributed by atoms with Gasteiger partial charge in [-0.05, 0) is 36.5 Å². The number of nitrogens with one attached hydrogen (secondary N) is 1. The first-order valence-corrected chi connectivity index (χ1v) is 7.82.